The summed E-state index contributed by atoms with van der Waals surface area (Å²) in [6.07, 6.45) is 1.15. The van der Waals surface area contributed by atoms with E-state index >= 15 is 0 Å². The van der Waals surface area contributed by atoms with Crippen LogP contribution >= 0.6 is 0 Å². The zero-order valence-electron chi connectivity index (χ0n) is 6.49. The molecule has 9 heavy (non-hydrogen) atoms. The van der Waals surface area contributed by atoms with Crippen LogP contribution in [0.4, 0.5) is 0 Å². The predicted molar refractivity (Wildman–Crippen MR) is 41.2 cm³/mol. The van der Waals surface area contributed by atoms with Gasteiger partial charge >= 0.3 is 0 Å². The van der Waals surface area contributed by atoms with Crippen molar-refractivity contribution in [3.63, 3.8) is 0 Å². The molecule has 0 bridgehead atoms. The SMILES string of the molecule is CC#CC(C)CCNC. The summed E-state index contributed by atoms with van der Waals surface area (Å²) in [6.45, 7) is 5.10. The highest BCUT2D eigenvalue weighted by Crippen LogP contribution is 1.96. The van der Waals surface area contributed by atoms with Crippen molar-refractivity contribution in [2.45, 2.75) is 20.3 Å². The average molecular weight is 125 g/mol. The smallest absolute Gasteiger partial charge is 0.0186 e. The van der Waals surface area contributed by atoms with E-state index in [-0.39, 0.29) is 0 Å². The second kappa shape index (κ2) is 5.65. The topological polar surface area (TPSA) is 12.0 Å². The first-order valence-electron chi connectivity index (χ1n) is 3.38. The maximum absolute atomic E-state index is 3.09. The lowest BCUT2D eigenvalue weighted by molar-refractivity contribution is 0.626. The molecule has 0 aromatic heterocycles. The number of hydrogen-bond donors (Lipinski definition) is 1. The van der Waals surface area contributed by atoms with Crippen molar-refractivity contribution in [3.8, 4) is 11.8 Å². The first kappa shape index (κ1) is 8.52. The summed E-state index contributed by atoms with van der Waals surface area (Å²) in [5.41, 5.74) is 0. The van der Waals surface area contributed by atoms with E-state index < -0.39 is 0 Å². The lowest BCUT2D eigenvalue weighted by Gasteiger charge is -2.00. The minimum Gasteiger partial charge on any atom is -0.320 e. The van der Waals surface area contributed by atoms with Crippen LogP contribution in [0.2, 0.25) is 0 Å². The third kappa shape index (κ3) is 5.39. The number of rotatable bonds is 3. The number of nitrogens with one attached hydrogen (secondary N) is 1. The lowest BCUT2D eigenvalue weighted by atomic mass is 10.1. The highest BCUT2D eigenvalue weighted by atomic mass is 14.8. The molecule has 1 atom stereocenters. The van der Waals surface area contributed by atoms with Crippen molar-refractivity contribution < 1.29 is 0 Å². The molecule has 0 amide bonds. The third-order valence-corrected chi connectivity index (χ3v) is 1.22. The lowest BCUT2D eigenvalue weighted by Crippen LogP contribution is -2.10. The van der Waals surface area contributed by atoms with E-state index in [1.54, 1.807) is 0 Å². The fourth-order valence-electron chi connectivity index (χ4n) is 0.679. The summed E-state index contributed by atoms with van der Waals surface area (Å²) in [6, 6.07) is 0. The Bertz CT molecular complexity index is 107. The van der Waals surface area contributed by atoms with Gasteiger partial charge in [0.15, 0.2) is 0 Å². The molecule has 1 nitrogen and oxygen atoms in total. The second-order valence-electron chi connectivity index (χ2n) is 2.19. The minimum atomic E-state index is 0.544. The Labute approximate surface area is 57.8 Å². The number of hydrogen-bond acceptors (Lipinski definition) is 1. The van der Waals surface area contributed by atoms with Crippen LogP contribution in [0.1, 0.15) is 20.3 Å². The third-order valence-electron chi connectivity index (χ3n) is 1.22. The summed E-state index contributed by atoms with van der Waals surface area (Å²) in [5, 5.41) is 3.09. The summed E-state index contributed by atoms with van der Waals surface area (Å²) >= 11 is 0. The highest BCUT2D eigenvalue weighted by molar-refractivity contribution is 4.99. The maximum atomic E-state index is 3.09. The zero-order chi connectivity index (χ0) is 7.11. The molecule has 0 aliphatic heterocycles. The summed E-state index contributed by atoms with van der Waals surface area (Å²) in [4.78, 5) is 0. The van der Waals surface area contributed by atoms with E-state index in [9.17, 15) is 0 Å². The molecule has 0 fully saturated rings. The molecule has 0 aromatic rings. The quantitative estimate of drug-likeness (QED) is 0.560. The Kier molecular flexibility index (Phi) is 5.35. The van der Waals surface area contributed by atoms with Gasteiger partial charge in [0.25, 0.3) is 0 Å². The predicted octanol–water partition coefficient (Wildman–Crippen LogP) is 1.26. The summed E-state index contributed by atoms with van der Waals surface area (Å²) in [7, 11) is 1.96. The van der Waals surface area contributed by atoms with Crippen LogP contribution in [-0.2, 0) is 0 Å². The van der Waals surface area contributed by atoms with Gasteiger partial charge < -0.3 is 5.32 Å². The largest absolute Gasteiger partial charge is 0.320 e. The van der Waals surface area contributed by atoms with Crippen LogP contribution in [-0.4, -0.2) is 13.6 Å². The van der Waals surface area contributed by atoms with E-state index in [1.807, 2.05) is 14.0 Å². The summed E-state index contributed by atoms with van der Waals surface area (Å²) < 4.78 is 0. The van der Waals surface area contributed by atoms with Crippen molar-refractivity contribution >= 4 is 0 Å². The molecule has 1 unspecified atom stereocenters. The van der Waals surface area contributed by atoms with Gasteiger partial charge in [-0.3, -0.25) is 0 Å². The van der Waals surface area contributed by atoms with Crippen molar-refractivity contribution in [2.75, 3.05) is 13.6 Å². The van der Waals surface area contributed by atoms with Crippen LogP contribution in [0.5, 0.6) is 0 Å². The Morgan fingerprint density at radius 1 is 1.56 bits per heavy atom. The summed E-state index contributed by atoms with van der Waals surface area (Å²) in [5.74, 6) is 6.53. The van der Waals surface area contributed by atoms with Crippen LogP contribution in [0.25, 0.3) is 0 Å². The Balaban J connectivity index is 3.23. The van der Waals surface area contributed by atoms with Gasteiger partial charge in [-0.15, -0.1) is 11.8 Å². The Hall–Kier alpha value is -0.480. The highest BCUT2D eigenvalue weighted by Gasteiger charge is 1.92. The second-order valence-corrected chi connectivity index (χ2v) is 2.19. The van der Waals surface area contributed by atoms with E-state index in [0.29, 0.717) is 5.92 Å². The van der Waals surface area contributed by atoms with Gasteiger partial charge in [-0.2, -0.15) is 0 Å². The van der Waals surface area contributed by atoms with E-state index in [4.69, 9.17) is 0 Å². The van der Waals surface area contributed by atoms with E-state index in [0.717, 1.165) is 13.0 Å². The van der Waals surface area contributed by atoms with Crippen molar-refractivity contribution in [1.82, 2.24) is 5.32 Å². The molecule has 0 aliphatic rings. The van der Waals surface area contributed by atoms with Gasteiger partial charge in [0.2, 0.25) is 0 Å². The fraction of sp³-hybridized carbons (Fsp3) is 0.750. The fourth-order valence-corrected chi connectivity index (χ4v) is 0.679. The monoisotopic (exact) mass is 125 g/mol. The molecule has 0 radical (unpaired) electrons. The Morgan fingerprint density at radius 3 is 2.67 bits per heavy atom. The van der Waals surface area contributed by atoms with Crippen molar-refractivity contribution in [3.05, 3.63) is 0 Å². The van der Waals surface area contributed by atoms with Gasteiger partial charge in [-0.05, 0) is 26.9 Å². The molecule has 0 aromatic carbocycles. The molecule has 0 rings (SSSR count). The maximum Gasteiger partial charge on any atom is 0.0186 e. The van der Waals surface area contributed by atoms with Crippen molar-refractivity contribution in [2.24, 2.45) is 5.92 Å². The van der Waals surface area contributed by atoms with Gasteiger partial charge in [0.1, 0.15) is 0 Å². The van der Waals surface area contributed by atoms with Crippen LogP contribution in [0, 0.1) is 17.8 Å². The van der Waals surface area contributed by atoms with Gasteiger partial charge in [0.05, 0.1) is 0 Å². The first-order valence-corrected chi connectivity index (χ1v) is 3.38. The molecule has 1 N–H and O–H groups in total. The Morgan fingerprint density at radius 2 is 2.22 bits per heavy atom. The van der Waals surface area contributed by atoms with Crippen LogP contribution < -0.4 is 5.32 Å². The minimum absolute atomic E-state index is 0.544. The van der Waals surface area contributed by atoms with Crippen LogP contribution in [0.3, 0.4) is 0 Å². The van der Waals surface area contributed by atoms with E-state index in [1.165, 1.54) is 0 Å². The molecule has 1 heteroatoms. The van der Waals surface area contributed by atoms with Crippen molar-refractivity contribution in [1.29, 1.82) is 0 Å². The standard InChI is InChI=1S/C8H15N/c1-4-5-8(2)6-7-9-3/h8-9H,6-7H2,1-3H3. The molecule has 0 heterocycles. The molecule has 0 aliphatic carbocycles. The van der Waals surface area contributed by atoms with Gasteiger partial charge in [-0.25, -0.2) is 0 Å². The van der Waals surface area contributed by atoms with Crippen LogP contribution in [0.15, 0.2) is 0 Å². The molecule has 0 spiro atoms. The average Bonchev–Trinajstić information content (AvgIpc) is 1.85. The molecule has 0 saturated carbocycles. The zero-order valence-corrected chi connectivity index (χ0v) is 6.49. The first-order chi connectivity index (χ1) is 4.31. The molecular formula is C8H15N. The van der Waals surface area contributed by atoms with E-state index in [2.05, 4.69) is 24.1 Å². The van der Waals surface area contributed by atoms with Gasteiger partial charge in [0, 0.05) is 5.92 Å². The normalized spacial score (nSPS) is 11.9. The molecule has 52 valence electrons. The van der Waals surface area contributed by atoms with Gasteiger partial charge in [-0.1, -0.05) is 6.92 Å². The molecule has 0 saturated heterocycles. The molecular weight excluding hydrogens is 110 g/mol.